The fraction of sp³-hybridized carbons (Fsp3) is 0.0769. The second kappa shape index (κ2) is 5.70. The molecule has 0 spiro atoms. The van der Waals surface area contributed by atoms with Gasteiger partial charge < -0.3 is 15.2 Å². The standard InChI is InChI=1S/C13H9F3N2O3/c14-13(15,16)21-10-4-2-9(3-5-10)18-11-6-1-8(7-17-11)12(19)20/h1-7H,(H,17,18)(H,19,20). The normalized spacial score (nSPS) is 11.0. The molecule has 1 heterocycles. The molecule has 0 amide bonds. The Labute approximate surface area is 117 Å². The molecule has 0 aliphatic heterocycles. The first-order valence-electron chi connectivity index (χ1n) is 5.66. The lowest BCUT2D eigenvalue weighted by atomic mass is 10.2. The van der Waals surface area contributed by atoms with Gasteiger partial charge in [0.25, 0.3) is 0 Å². The van der Waals surface area contributed by atoms with Crippen molar-refractivity contribution in [2.75, 3.05) is 5.32 Å². The molecule has 0 saturated heterocycles. The number of aromatic carboxylic acids is 1. The molecule has 0 aliphatic rings. The average Bonchev–Trinajstić information content (AvgIpc) is 2.40. The number of benzene rings is 1. The minimum absolute atomic E-state index is 0.0366. The molecule has 1 aromatic carbocycles. The van der Waals surface area contributed by atoms with Crippen molar-refractivity contribution in [3.05, 3.63) is 48.2 Å². The first kappa shape index (κ1) is 14.6. The number of hydrogen-bond donors (Lipinski definition) is 2. The van der Waals surface area contributed by atoms with Crippen molar-refractivity contribution in [3.8, 4) is 5.75 Å². The van der Waals surface area contributed by atoms with E-state index >= 15 is 0 Å². The highest BCUT2D eigenvalue weighted by molar-refractivity contribution is 5.87. The highest BCUT2D eigenvalue weighted by Gasteiger charge is 2.30. The Kier molecular flexibility index (Phi) is 3.97. The van der Waals surface area contributed by atoms with Crippen LogP contribution < -0.4 is 10.1 Å². The number of carboxylic acids is 1. The second-order valence-electron chi connectivity index (χ2n) is 3.93. The van der Waals surface area contributed by atoms with Gasteiger partial charge in [-0.15, -0.1) is 13.2 Å². The molecule has 110 valence electrons. The number of pyridine rings is 1. The number of hydrogen-bond acceptors (Lipinski definition) is 4. The summed E-state index contributed by atoms with van der Waals surface area (Å²) in [6.07, 6.45) is -3.56. The Morgan fingerprint density at radius 2 is 1.81 bits per heavy atom. The summed E-state index contributed by atoms with van der Waals surface area (Å²) in [7, 11) is 0. The lowest BCUT2D eigenvalue weighted by Crippen LogP contribution is -2.16. The van der Waals surface area contributed by atoms with Crippen LogP contribution in [-0.4, -0.2) is 22.4 Å². The van der Waals surface area contributed by atoms with Crippen LogP contribution in [0.25, 0.3) is 0 Å². The number of alkyl halides is 3. The lowest BCUT2D eigenvalue weighted by Gasteiger charge is -2.10. The van der Waals surface area contributed by atoms with Crippen molar-refractivity contribution < 1.29 is 27.8 Å². The van der Waals surface area contributed by atoms with Crippen molar-refractivity contribution in [2.24, 2.45) is 0 Å². The summed E-state index contributed by atoms with van der Waals surface area (Å²) in [6, 6.07) is 7.88. The maximum Gasteiger partial charge on any atom is 0.573 e. The van der Waals surface area contributed by atoms with Crippen LogP contribution in [-0.2, 0) is 0 Å². The van der Waals surface area contributed by atoms with Crippen LogP contribution in [0.3, 0.4) is 0 Å². The maximum atomic E-state index is 12.0. The van der Waals surface area contributed by atoms with E-state index in [1.165, 1.54) is 30.5 Å². The molecule has 0 bridgehead atoms. The van der Waals surface area contributed by atoms with Crippen LogP contribution in [0.5, 0.6) is 5.75 Å². The fourth-order valence-corrected chi connectivity index (χ4v) is 1.48. The number of halogens is 3. The van der Waals surface area contributed by atoms with Crippen molar-refractivity contribution in [1.82, 2.24) is 4.98 Å². The van der Waals surface area contributed by atoms with E-state index in [1.807, 2.05) is 0 Å². The van der Waals surface area contributed by atoms with Gasteiger partial charge in [-0.2, -0.15) is 0 Å². The van der Waals surface area contributed by atoms with Crippen LogP contribution in [0.15, 0.2) is 42.6 Å². The number of carboxylic acid groups (broad SMARTS) is 1. The van der Waals surface area contributed by atoms with E-state index in [2.05, 4.69) is 15.0 Å². The maximum absolute atomic E-state index is 12.0. The molecule has 21 heavy (non-hydrogen) atoms. The predicted octanol–water partition coefficient (Wildman–Crippen LogP) is 3.42. The molecule has 0 fully saturated rings. The molecule has 0 unspecified atom stereocenters. The van der Waals surface area contributed by atoms with Crippen LogP contribution in [0.4, 0.5) is 24.7 Å². The van der Waals surface area contributed by atoms with Gasteiger partial charge >= 0.3 is 12.3 Å². The third-order valence-corrected chi connectivity index (χ3v) is 2.37. The van der Waals surface area contributed by atoms with Gasteiger partial charge in [0.05, 0.1) is 5.56 Å². The number of aromatic nitrogens is 1. The molecule has 2 aromatic rings. The quantitative estimate of drug-likeness (QED) is 0.905. The Hall–Kier alpha value is -2.77. The van der Waals surface area contributed by atoms with Crippen LogP contribution in [0.2, 0.25) is 0 Å². The van der Waals surface area contributed by atoms with Gasteiger partial charge in [-0.25, -0.2) is 9.78 Å². The summed E-state index contributed by atoms with van der Waals surface area (Å²) in [4.78, 5) is 14.5. The molecule has 0 radical (unpaired) electrons. The SMILES string of the molecule is O=C(O)c1ccc(Nc2ccc(OC(F)(F)F)cc2)nc1. The van der Waals surface area contributed by atoms with Gasteiger partial charge in [0.2, 0.25) is 0 Å². The van der Waals surface area contributed by atoms with Crippen LogP contribution >= 0.6 is 0 Å². The van der Waals surface area contributed by atoms with Crippen LogP contribution in [0, 0.1) is 0 Å². The summed E-state index contributed by atoms with van der Waals surface area (Å²) in [5.74, 6) is -1.06. The van der Waals surface area contributed by atoms with Gasteiger partial charge in [-0.1, -0.05) is 0 Å². The van der Waals surface area contributed by atoms with Gasteiger partial charge in [0.1, 0.15) is 11.6 Å². The zero-order chi connectivity index (χ0) is 15.5. The predicted molar refractivity (Wildman–Crippen MR) is 67.6 cm³/mol. The second-order valence-corrected chi connectivity index (χ2v) is 3.93. The number of nitrogens with one attached hydrogen (secondary N) is 1. The Morgan fingerprint density at radius 3 is 2.29 bits per heavy atom. The van der Waals surface area contributed by atoms with E-state index in [0.717, 1.165) is 12.1 Å². The molecule has 0 atom stereocenters. The molecule has 2 rings (SSSR count). The number of nitrogens with zero attached hydrogens (tertiary/aromatic N) is 1. The summed E-state index contributed by atoms with van der Waals surface area (Å²) in [6.45, 7) is 0. The van der Waals surface area contributed by atoms with Gasteiger partial charge in [-0.05, 0) is 36.4 Å². The van der Waals surface area contributed by atoms with E-state index in [-0.39, 0.29) is 11.3 Å². The number of anilines is 2. The topological polar surface area (TPSA) is 71.5 Å². The lowest BCUT2D eigenvalue weighted by molar-refractivity contribution is -0.274. The molecule has 0 saturated carbocycles. The van der Waals surface area contributed by atoms with Crippen molar-refractivity contribution in [2.45, 2.75) is 6.36 Å². The molecular formula is C13H9F3N2O3. The van der Waals surface area contributed by atoms with E-state index in [0.29, 0.717) is 11.5 Å². The smallest absolute Gasteiger partial charge is 0.478 e. The Morgan fingerprint density at radius 1 is 1.14 bits per heavy atom. The Bertz CT molecular complexity index is 625. The molecule has 8 heteroatoms. The summed E-state index contributed by atoms with van der Waals surface area (Å²) in [5, 5.41) is 11.5. The minimum atomic E-state index is -4.73. The van der Waals surface area contributed by atoms with E-state index in [1.54, 1.807) is 0 Å². The third kappa shape index (κ3) is 4.37. The first-order valence-corrected chi connectivity index (χ1v) is 5.66. The number of carbonyl (C=O) groups is 1. The summed E-state index contributed by atoms with van der Waals surface area (Å²) < 4.78 is 39.7. The highest BCUT2D eigenvalue weighted by atomic mass is 19.4. The Balaban J connectivity index is 2.04. The monoisotopic (exact) mass is 298 g/mol. The van der Waals surface area contributed by atoms with E-state index in [9.17, 15) is 18.0 Å². The average molecular weight is 298 g/mol. The van der Waals surface area contributed by atoms with Crippen LogP contribution in [0.1, 0.15) is 10.4 Å². The van der Waals surface area contributed by atoms with Gasteiger partial charge in [0, 0.05) is 11.9 Å². The van der Waals surface area contributed by atoms with Crippen molar-refractivity contribution >= 4 is 17.5 Å². The largest absolute Gasteiger partial charge is 0.573 e. The van der Waals surface area contributed by atoms with Crippen molar-refractivity contribution in [1.29, 1.82) is 0 Å². The van der Waals surface area contributed by atoms with Gasteiger partial charge in [-0.3, -0.25) is 0 Å². The first-order chi connectivity index (χ1) is 9.83. The summed E-state index contributed by atoms with van der Waals surface area (Å²) >= 11 is 0. The zero-order valence-corrected chi connectivity index (χ0v) is 10.4. The highest BCUT2D eigenvalue weighted by Crippen LogP contribution is 2.24. The van der Waals surface area contributed by atoms with E-state index in [4.69, 9.17) is 5.11 Å². The molecule has 0 aliphatic carbocycles. The zero-order valence-electron chi connectivity index (χ0n) is 10.4. The van der Waals surface area contributed by atoms with Gasteiger partial charge in [0.15, 0.2) is 0 Å². The molecule has 5 nitrogen and oxygen atoms in total. The molecular weight excluding hydrogens is 289 g/mol. The van der Waals surface area contributed by atoms with Crippen molar-refractivity contribution in [3.63, 3.8) is 0 Å². The molecule has 2 N–H and O–H groups in total. The molecule has 1 aromatic heterocycles. The fourth-order valence-electron chi connectivity index (χ4n) is 1.48. The minimum Gasteiger partial charge on any atom is -0.478 e. The number of ether oxygens (including phenoxy) is 1. The summed E-state index contributed by atoms with van der Waals surface area (Å²) in [5.41, 5.74) is 0.523. The number of rotatable bonds is 4. The van der Waals surface area contributed by atoms with E-state index < -0.39 is 12.3 Å². The third-order valence-electron chi connectivity index (χ3n) is 2.37.